The van der Waals surface area contributed by atoms with E-state index in [4.69, 9.17) is 0 Å². The Kier molecular flexibility index (Phi) is 4.46. The Bertz CT molecular complexity index is 567. The van der Waals surface area contributed by atoms with Gasteiger partial charge in [-0.15, -0.1) is 11.3 Å². The van der Waals surface area contributed by atoms with Crippen LogP contribution >= 0.6 is 11.3 Å². The van der Waals surface area contributed by atoms with E-state index in [1.54, 1.807) is 23.6 Å². The SMILES string of the molecule is CCNC(=O)c1cc(NCc2nc(C)cs2)ccn1. The minimum atomic E-state index is -0.156. The second-order valence-electron chi connectivity index (χ2n) is 4.03. The van der Waals surface area contributed by atoms with E-state index >= 15 is 0 Å². The summed E-state index contributed by atoms with van der Waals surface area (Å²) in [4.78, 5) is 20.1. The number of nitrogens with one attached hydrogen (secondary N) is 2. The number of hydrogen-bond donors (Lipinski definition) is 2. The zero-order chi connectivity index (χ0) is 13.7. The number of carbonyl (C=O) groups excluding carboxylic acids is 1. The van der Waals surface area contributed by atoms with Crippen molar-refractivity contribution < 1.29 is 4.79 Å². The zero-order valence-corrected chi connectivity index (χ0v) is 11.8. The first-order chi connectivity index (χ1) is 9.19. The molecule has 1 amide bonds. The molecule has 0 aliphatic rings. The third-order valence-corrected chi connectivity index (χ3v) is 3.41. The molecule has 0 bridgehead atoms. The fourth-order valence-electron chi connectivity index (χ4n) is 1.58. The molecule has 0 saturated carbocycles. The third-order valence-electron chi connectivity index (χ3n) is 2.44. The Balaban J connectivity index is 2.00. The number of pyridine rings is 1. The van der Waals surface area contributed by atoms with Crippen LogP contribution in [0.2, 0.25) is 0 Å². The molecule has 2 heterocycles. The highest BCUT2D eigenvalue weighted by molar-refractivity contribution is 7.09. The summed E-state index contributed by atoms with van der Waals surface area (Å²) in [5, 5.41) is 9.01. The summed E-state index contributed by atoms with van der Waals surface area (Å²) in [6, 6.07) is 3.58. The van der Waals surface area contributed by atoms with Crippen LogP contribution < -0.4 is 10.6 Å². The van der Waals surface area contributed by atoms with Crippen LogP contribution in [0.5, 0.6) is 0 Å². The quantitative estimate of drug-likeness (QED) is 0.878. The van der Waals surface area contributed by atoms with Crippen LogP contribution in [-0.4, -0.2) is 22.4 Å². The number of amides is 1. The predicted molar refractivity (Wildman–Crippen MR) is 76.4 cm³/mol. The van der Waals surface area contributed by atoms with Gasteiger partial charge >= 0.3 is 0 Å². The standard InChI is InChI=1S/C13H16N4OS/c1-3-14-13(18)11-6-10(4-5-15-11)16-7-12-17-9(2)8-19-12/h4-6,8H,3,7H2,1-2H3,(H,14,18)(H,15,16). The molecule has 2 aromatic heterocycles. The number of nitrogens with zero attached hydrogens (tertiary/aromatic N) is 2. The highest BCUT2D eigenvalue weighted by atomic mass is 32.1. The van der Waals surface area contributed by atoms with Crippen LogP contribution in [-0.2, 0) is 6.54 Å². The summed E-state index contributed by atoms with van der Waals surface area (Å²) in [5.74, 6) is -0.156. The van der Waals surface area contributed by atoms with Crippen LogP contribution in [0.3, 0.4) is 0 Å². The topological polar surface area (TPSA) is 66.9 Å². The fourth-order valence-corrected chi connectivity index (χ4v) is 2.29. The molecule has 0 spiro atoms. The van der Waals surface area contributed by atoms with Gasteiger partial charge in [-0.05, 0) is 26.0 Å². The number of thiazole rings is 1. The van der Waals surface area contributed by atoms with E-state index in [2.05, 4.69) is 20.6 Å². The first-order valence-electron chi connectivity index (χ1n) is 6.08. The van der Waals surface area contributed by atoms with Crippen molar-refractivity contribution in [2.45, 2.75) is 20.4 Å². The van der Waals surface area contributed by atoms with Crippen molar-refractivity contribution in [3.8, 4) is 0 Å². The molecule has 2 N–H and O–H groups in total. The lowest BCUT2D eigenvalue weighted by Gasteiger charge is -2.06. The maximum absolute atomic E-state index is 11.7. The van der Waals surface area contributed by atoms with Crippen LogP contribution in [0.15, 0.2) is 23.7 Å². The molecule has 5 nitrogen and oxygen atoms in total. The number of carbonyl (C=O) groups is 1. The van der Waals surface area contributed by atoms with E-state index in [1.807, 2.05) is 25.3 Å². The highest BCUT2D eigenvalue weighted by Crippen LogP contribution is 2.13. The summed E-state index contributed by atoms with van der Waals surface area (Å²) >= 11 is 1.62. The molecule has 19 heavy (non-hydrogen) atoms. The van der Waals surface area contributed by atoms with Crippen molar-refractivity contribution in [3.63, 3.8) is 0 Å². The summed E-state index contributed by atoms with van der Waals surface area (Å²) in [6.45, 7) is 5.10. The normalized spacial score (nSPS) is 10.2. The minimum Gasteiger partial charge on any atom is -0.378 e. The first-order valence-corrected chi connectivity index (χ1v) is 6.96. The van der Waals surface area contributed by atoms with Gasteiger partial charge in [-0.1, -0.05) is 0 Å². The number of aromatic nitrogens is 2. The lowest BCUT2D eigenvalue weighted by molar-refractivity contribution is 0.0951. The summed E-state index contributed by atoms with van der Waals surface area (Å²) in [5.41, 5.74) is 2.31. The van der Waals surface area contributed by atoms with Crippen molar-refractivity contribution in [1.29, 1.82) is 0 Å². The molecule has 0 aliphatic carbocycles. The first kappa shape index (κ1) is 13.5. The van der Waals surface area contributed by atoms with E-state index < -0.39 is 0 Å². The van der Waals surface area contributed by atoms with E-state index in [0.717, 1.165) is 16.4 Å². The second kappa shape index (κ2) is 6.29. The molecule has 6 heteroatoms. The molecule has 2 aromatic rings. The summed E-state index contributed by atoms with van der Waals surface area (Å²) < 4.78 is 0. The van der Waals surface area contributed by atoms with E-state index in [1.165, 1.54) is 0 Å². The number of aryl methyl sites for hydroxylation is 1. The van der Waals surface area contributed by atoms with Crippen molar-refractivity contribution in [1.82, 2.24) is 15.3 Å². The summed E-state index contributed by atoms with van der Waals surface area (Å²) in [7, 11) is 0. The lowest BCUT2D eigenvalue weighted by atomic mass is 10.3. The van der Waals surface area contributed by atoms with E-state index in [9.17, 15) is 4.79 Å². The maximum atomic E-state index is 11.7. The van der Waals surface area contributed by atoms with Gasteiger partial charge in [0.05, 0.1) is 6.54 Å². The molecule has 0 radical (unpaired) electrons. The molecular formula is C13H16N4OS. The van der Waals surface area contributed by atoms with Gasteiger partial charge < -0.3 is 10.6 Å². The van der Waals surface area contributed by atoms with Crippen LogP contribution in [0.4, 0.5) is 5.69 Å². The molecule has 0 aromatic carbocycles. The average molecular weight is 276 g/mol. The highest BCUT2D eigenvalue weighted by Gasteiger charge is 2.06. The Morgan fingerprint density at radius 3 is 3.00 bits per heavy atom. The van der Waals surface area contributed by atoms with Crippen LogP contribution in [0, 0.1) is 6.92 Å². The predicted octanol–water partition coefficient (Wildman–Crippen LogP) is 2.21. The largest absolute Gasteiger partial charge is 0.378 e. The van der Waals surface area contributed by atoms with E-state index in [-0.39, 0.29) is 5.91 Å². The van der Waals surface area contributed by atoms with Gasteiger partial charge in [0.25, 0.3) is 5.91 Å². The molecular weight excluding hydrogens is 260 g/mol. The smallest absolute Gasteiger partial charge is 0.269 e. The van der Waals surface area contributed by atoms with Crippen molar-refractivity contribution >= 4 is 22.9 Å². The number of hydrogen-bond acceptors (Lipinski definition) is 5. The molecule has 2 rings (SSSR count). The zero-order valence-electron chi connectivity index (χ0n) is 10.9. The third kappa shape index (κ3) is 3.75. The number of rotatable bonds is 5. The van der Waals surface area contributed by atoms with Gasteiger partial charge in [0, 0.05) is 29.5 Å². The molecule has 0 aliphatic heterocycles. The molecule has 0 unspecified atom stereocenters. The molecule has 100 valence electrons. The Morgan fingerprint density at radius 2 is 2.32 bits per heavy atom. The van der Waals surface area contributed by atoms with Crippen molar-refractivity contribution in [2.75, 3.05) is 11.9 Å². The van der Waals surface area contributed by atoms with Crippen LogP contribution in [0.25, 0.3) is 0 Å². The Labute approximate surface area is 116 Å². The molecule has 0 atom stereocenters. The minimum absolute atomic E-state index is 0.156. The van der Waals surface area contributed by atoms with Crippen LogP contribution in [0.1, 0.15) is 28.1 Å². The van der Waals surface area contributed by atoms with Gasteiger partial charge in [0.2, 0.25) is 0 Å². The second-order valence-corrected chi connectivity index (χ2v) is 4.97. The monoisotopic (exact) mass is 276 g/mol. The number of anilines is 1. The fraction of sp³-hybridized carbons (Fsp3) is 0.308. The lowest BCUT2D eigenvalue weighted by Crippen LogP contribution is -2.23. The van der Waals surface area contributed by atoms with Gasteiger partial charge in [0.15, 0.2) is 0 Å². The molecule has 0 saturated heterocycles. The van der Waals surface area contributed by atoms with Gasteiger partial charge in [-0.3, -0.25) is 9.78 Å². The van der Waals surface area contributed by atoms with Gasteiger partial charge in [0.1, 0.15) is 10.7 Å². The van der Waals surface area contributed by atoms with Gasteiger partial charge in [-0.2, -0.15) is 0 Å². The maximum Gasteiger partial charge on any atom is 0.269 e. The van der Waals surface area contributed by atoms with Gasteiger partial charge in [-0.25, -0.2) is 4.98 Å². The summed E-state index contributed by atoms with van der Waals surface area (Å²) in [6.07, 6.45) is 1.63. The molecule has 0 fully saturated rings. The van der Waals surface area contributed by atoms with E-state index in [0.29, 0.717) is 18.8 Å². The van der Waals surface area contributed by atoms with Crippen molar-refractivity contribution in [2.24, 2.45) is 0 Å². The Hall–Kier alpha value is -1.95. The Morgan fingerprint density at radius 1 is 1.47 bits per heavy atom. The average Bonchev–Trinajstić information content (AvgIpc) is 2.83. The van der Waals surface area contributed by atoms with Crippen molar-refractivity contribution in [3.05, 3.63) is 40.1 Å².